The van der Waals surface area contributed by atoms with E-state index >= 15 is 0 Å². The molecule has 0 aliphatic heterocycles. The van der Waals surface area contributed by atoms with Gasteiger partial charge in [-0.25, -0.2) is 10.1 Å². The average Bonchev–Trinajstić information content (AvgIpc) is 3.34. The number of rotatable bonds is 8. The number of nitrogen functional groups attached to an aromatic ring is 1. The molecule has 0 aliphatic carbocycles. The van der Waals surface area contributed by atoms with Crippen molar-refractivity contribution in [2.75, 3.05) is 18.8 Å². The molecule has 3 aromatic rings. The summed E-state index contributed by atoms with van der Waals surface area (Å²) in [6, 6.07) is 5.10. The first-order valence-corrected chi connectivity index (χ1v) is 9.85. The number of hydrogen-bond acceptors (Lipinski definition) is 8. The van der Waals surface area contributed by atoms with Crippen LogP contribution in [0.15, 0.2) is 27.9 Å². The van der Waals surface area contributed by atoms with E-state index in [0.717, 1.165) is 13.1 Å². The van der Waals surface area contributed by atoms with Crippen LogP contribution in [0.3, 0.4) is 0 Å². The molecule has 3 rings (SSSR count). The van der Waals surface area contributed by atoms with Gasteiger partial charge >= 0.3 is 0 Å². The molecule has 13 heteroatoms. The fourth-order valence-electron chi connectivity index (χ4n) is 2.71. The van der Waals surface area contributed by atoms with Crippen LogP contribution in [0.25, 0.3) is 5.82 Å². The average molecular weight is 453 g/mol. The lowest BCUT2D eigenvalue weighted by Crippen LogP contribution is -3.10. The summed E-state index contributed by atoms with van der Waals surface area (Å²) in [5, 5.41) is 20.0. The third-order valence-corrected chi connectivity index (χ3v) is 5.28. The number of nitrogens with two attached hydrogens (primary N) is 1. The Morgan fingerprint density at radius 2 is 2.10 bits per heavy atom. The van der Waals surface area contributed by atoms with Crippen LogP contribution in [0.2, 0.25) is 10.0 Å². The number of nitrogens with zero attached hydrogens (tertiary/aromatic N) is 6. The Kier molecular flexibility index (Phi) is 6.98. The zero-order valence-corrected chi connectivity index (χ0v) is 17.8. The quantitative estimate of drug-likeness (QED) is 0.337. The molecule has 0 spiro atoms. The number of anilines is 1. The fourth-order valence-corrected chi connectivity index (χ4v) is 3.07. The van der Waals surface area contributed by atoms with Crippen LogP contribution in [-0.4, -0.2) is 50.5 Å². The van der Waals surface area contributed by atoms with Gasteiger partial charge in [0.15, 0.2) is 5.69 Å². The van der Waals surface area contributed by atoms with Crippen LogP contribution in [0, 0.1) is 0 Å². The first-order chi connectivity index (χ1) is 14.5. The number of nitrogens with one attached hydrogen (secondary N) is 2. The molecule has 30 heavy (non-hydrogen) atoms. The minimum Gasteiger partial charge on any atom is -0.378 e. The summed E-state index contributed by atoms with van der Waals surface area (Å²) in [5.41, 5.74) is 9.36. The Hall–Kier alpha value is -3.02. The van der Waals surface area contributed by atoms with Crippen LogP contribution in [0.5, 0.6) is 0 Å². The summed E-state index contributed by atoms with van der Waals surface area (Å²) in [4.78, 5) is 13.9. The predicted octanol–water partition coefficient (Wildman–Crippen LogP) is 0.728. The lowest BCUT2D eigenvalue weighted by molar-refractivity contribution is -0.910. The maximum Gasteiger partial charge on any atom is 0.294 e. The summed E-state index contributed by atoms with van der Waals surface area (Å²) in [5.74, 6) is -0.346. The number of hydrazone groups is 1. The summed E-state index contributed by atoms with van der Waals surface area (Å²) in [6.45, 7) is 6.20. The van der Waals surface area contributed by atoms with Crippen molar-refractivity contribution < 1.29 is 14.3 Å². The second kappa shape index (κ2) is 9.65. The maximum absolute atomic E-state index is 12.7. The zero-order chi connectivity index (χ0) is 21.7. The minimum absolute atomic E-state index is 0.0382. The van der Waals surface area contributed by atoms with E-state index in [0.29, 0.717) is 27.8 Å². The van der Waals surface area contributed by atoms with Crippen molar-refractivity contribution in [3.63, 3.8) is 0 Å². The highest BCUT2D eigenvalue weighted by Crippen LogP contribution is 2.24. The molecular weight excluding hydrogens is 433 g/mol. The molecule has 0 saturated carbocycles. The number of carbonyl (C=O) groups is 1. The highest BCUT2D eigenvalue weighted by Gasteiger charge is 2.26. The number of hydrogen-bond donors (Lipinski definition) is 3. The maximum atomic E-state index is 12.7. The Labute approximate surface area is 181 Å². The van der Waals surface area contributed by atoms with Crippen molar-refractivity contribution in [2.24, 2.45) is 5.10 Å². The molecule has 2 aromatic heterocycles. The van der Waals surface area contributed by atoms with E-state index in [9.17, 15) is 4.79 Å². The highest BCUT2D eigenvalue weighted by atomic mass is 35.5. The van der Waals surface area contributed by atoms with Gasteiger partial charge in [-0.1, -0.05) is 40.5 Å². The molecule has 11 nitrogen and oxygen atoms in total. The van der Waals surface area contributed by atoms with Gasteiger partial charge in [0.05, 0.1) is 29.3 Å². The van der Waals surface area contributed by atoms with Crippen LogP contribution in [0.1, 0.15) is 35.6 Å². The molecule has 1 amide bonds. The highest BCUT2D eigenvalue weighted by molar-refractivity contribution is 6.43. The van der Waals surface area contributed by atoms with Gasteiger partial charge in [-0.2, -0.15) is 9.78 Å². The van der Waals surface area contributed by atoms with Crippen molar-refractivity contribution >= 4 is 41.1 Å². The van der Waals surface area contributed by atoms with Gasteiger partial charge in [0.2, 0.25) is 11.6 Å². The van der Waals surface area contributed by atoms with Crippen LogP contribution >= 0.6 is 23.2 Å². The van der Waals surface area contributed by atoms with E-state index < -0.39 is 5.91 Å². The van der Waals surface area contributed by atoms with Gasteiger partial charge in [-0.15, -0.1) is 5.10 Å². The van der Waals surface area contributed by atoms with Crippen LogP contribution in [-0.2, 0) is 6.54 Å². The molecule has 0 radical (unpaired) electrons. The molecule has 0 saturated heterocycles. The van der Waals surface area contributed by atoms with Crippen molar-refractivity contribution in [1.29, 1.82) is 0 Å². The number of halogens is 2. The SMILES string of the molecule is CC[NH+](CC)Cc1c(C(=O)NN=Cc2cccc(Cl)c2Cl)nnn1-c1nonc1N. The number of quaternary nitrogens is 1. The summed E-state index contributed by atoms with van der Waals surface area (Å²) in [6.07, 6.45) is 1.39. The molecular formula is C17H20Cl2N9O2+. The normalized spacial score (nSPS) is 11.5. The monoisotopic (exact) mass is 452 g/mol. The molecule has 0 aliphatic rings. The van der Waals surface area contributed by atoms with Gasteiger partial charge in [0.25, 0.3) is 5.91 Å². The predicted molar refractivity (Wildman–Crippen MR) is 111 cm³/mol. The van der Waals surface area contributed by atoms with Gasteiger partial charge in [-0.05, 0) is 30.2 Å². The Bertz CT molecular complexity index is 1060. The summed E-state index contributed by atoms with van der Waals surface area (Å²) >= 11 is 12.1. The topological polar surface area (TPSA) is 142 Å². The Morgan fingerprint density at radius 1 is 1.33 bits per heavy atom. The first-order valence-electron chi connectivity index (χ1n) is 9.10. The molecule has 0 atom stereocenters. The van der Waals surface area contributed by atoms with E-state index in [4.69, 9.17) is 28.9 Å². The summed E-state index contributed by atoms with van der Waals surface area (Å²) in [7, 11) is 0. The second-order valence-electron chi connectivity index (χ2n) is 6.25. The van der Waals surface area contributed by atoms with Crippen LogP contribution in [0.4, 0.5) is 5.82 Å². The van der Waals surface area contributed by atoms with Crippen LogP contribution < -0.4 is 16.1 Å². The van der Waals surface area contributed by atoms with E-state index in [1.54, 1.807) is 18.2 Å². The van der Waals surface area contributed by atoms with Crippen molar-refractivity contribution in [2.45, 2.75) is 20.4 Å². The largest absolute Gasteiger partial charge is 0.378 e. The second-order valence-corrected chi connectivity index (χ2v) is 7.03. The number of carbonyl (C=O) groups excluding carboxylic acids is 1. The van der Waals surface area contributed by atoms with Crippen molar-refractivity contribution in [1.82, 2.24) is 30.7 Å². The summed E-state index contributed by atoms with van der Waals surface area (Å²) < 4.78 is 6.00. The fraction of sp³-hybridized carbons (Fsp3) is 0.294. The van der Waals surface area contributed by atoms with E-state index in [1.165, 1.54) is 15.8 Å². The lowest BCUT2D eigenvalue weighted by Gasteiger charge is -2.15. The molecule has 0 fully saturated rings. The smallest absolute Gasteiger partial charge is 0.294 e. The molecule has 4 N–H and O–H groups in total. The molecule has 1 aromatic carbocycles. The number of benzene rings is 1. The van der Waals surface area contributed by atoms with Crippen molar-refractivity contribution in [3.8, 4) is 5.82 Å². The zero-order valence-electron chi connectivity index (χ0n) is 16.3. The minimum atomic E-state index is -0.549. The molecule has 0 unspecified atom stereocenters. The van der Waals surface area contributed by atoms with E-state index in [1.807, 2.05) is 13.8 Å². The Balaban J connectivity index is 1.87. The third kappa shape index (κ3) is 4.58. The van der Waals surface area contributed by atoms with E-state index in [-0.39, 0.29) is 17.3 Å². The van der Waals surface area contributed by atoms with Gasteiger partial charge < -0.3 is 10.6 Å². The standard InChI is InChI=1S/C17H19Cl2N9O2/c1-3-27(4-2)9-12-14(22-26-28(12)16-15(20)24-30-25-16)17(29)23-21-8-10-6-5-7-11(18)13(10)19/h5-8H,3-4,9H2,1-2H3,(H2,20,24)(H,23,29)/p+1. The van der Waals surface area contributed by atoms with E-state index in [2.05, 4.69) is 35.8 Å². The van der Waals surface area contributed by atoms with Gasteiger partial charge in [-0.3, -0.25) is 4.79 Å². The first kappa shape index (κ1) is 21.7. The molecule has 158 valence electrons. The molecule has 0 bridgehead atoms. The number of aromatic nitrogens is 5. The lowest BCUT2D eigenvalue weighted by atomic mass is 10.2. The Morgan fingerprint density at radius 3 is 2.77 bits per heavy atom. The van der Waals surface area contributed by atoms with Gasteiger partial charge in [0, 0.05) is 5.56 Å². The third-order valence-electron chi connectivity index (χ3n) is 4.44. The van der Waals surface area contributed by atoms with Gasteiger partial charge in [0.1, 0.15) is 12.2 Å². The number of amides is 1. The van der Waals surface area contributed by atoms with Crippen molar-refractivity contribution in [3.05, 3.63) is 45.2 Å². The molecule has 2 heterocycles.